The van der Waals surface area contributed by atoms with E-state index in [9.17, 15) is 0 Å². The van der Waals surface area contributed by atoms with Crippen molar-refractivity contribution in [1.29, 1.82) is 0 Å². The van der Waals surface area contributed by atoms with Gasteiger partial charge in [0.15, 0.2) is 0 Å². The second-order valence-corrected chi connectivity index (χ2v) is 4.67. The predicted molar refractivity (Wildman–Crippen MR) is 47.1 cm³/mol. The van der Waals surface area contributed by atoms with Crippen molar-refractivity contribution in [3.8, 4) is 0 Å². The van der Waals surface area contributed by atoms with Crippen LogP contribution in [-0.2, 0) is 18.3 Å². The molecule has 1 heteroatoms. The minimum Gasteiger partial charge on any atom is -1.00 e. The molecule has 1 aliphatic rings. The van der Waals surface area contributed by atoms with Gasteiger partial charge in [-0.2, -0.15) is 0 Å². The molecular formula is C10H17Ru-2. The van der Waals surface area contributed by atoms with E-state index in [2.05, 4.69) is 52.9 Å². The Balaban J connectivity index is 0. The fourth-order valence-electron chi connectivity index (χ4n) is 1.54. The maximum absolute atomic E-state index is 2.77. The normalized spacial score (nSPS) is 23.5. The molecule has 0 heterocycles. The van der Waals surface area contributed by atoms with Crippen LogP contribution in [0.25, 0.3) is 0 Å². The van der Waals surface area contributed by atoms with Crippen molar-refractivity contribution >= 4 is 0 Å². The van der Waals surface area contributed by atoms with Gasteiger partial charge in [-0.1, -0.05) is 0 Å². The summed E-state index contributed by atoms with van der Waals surface area (Å²) in [6.07, 6.45) is 0. The van der Waals surface area contributed by atoms with Crippen LogP contribution in [0.1, 0.15) is 37.5 Å². The zero-order valence-corrected chi connectivity index (χ0v) is 9.59. The van der Waals surface area contributed by atoms with Gasteiger partial charge in [0.1, 0.15) is 0 Å². The van der Waals surface area contributed by atoms with Gasteiger partial charge in [0.25, 0.3) is 0 Å². The predicted octanol–water partition coefficient (Wildman–Crippen LogP) is 3.41. The Morgan fingerprint density at radius 2 is 1.55 bits per heavy atom. The molecule has 0 aromatic carbocycles. The van der Waals surface area contributed by atoms with Gasteiger partial charge < -0.3 is 2.85 Å². The molecule has 0 radical (unpaired) electrons. The van der Waals surface area contributed by atoms with Crippen molar-refractivity contribution < 1.29 is 21.2 Å². The van der Waals surface area contributed by atoms with Gasteiger partial charge in [-0.05, 0) is 0 Å². The van der Waals surface area contributed by atoms with Crippen LogP contribution in [0.4, 0.5) is 0 Å². The largest absolute Gasteiger partial charge is 1.00 e. The van der Waals surface area contributed by atoms with Gasteiger partial charge in [-0.3, -0.25) is 0 Å². The Bertz CT molecular complexity index is 236. The fraction of sp³-hybridized carbons (Fsp3) is 0.600. The number of hydrogen-bond donors (Lipinski definition) is 0. The van der Waals surface area contributed by atoms with Crippen LogP contribution >= 0.6 is 0 Å². The molecule has 0 nitrogen and oxygen atoms in total. The number of rotatable bonds is 0. The van der Waals surface area contributed by atoms with Gasteiger partial charge in [0, 0.05) is 0 Å². The van der Waals surface area contributed by atoms with Crippen molar-refractivity contribution in [2.75, 3.05) is 0 Å². The maximum Gasteiger partial charge on any atom is -1.00 e. The summed E-state index contributed by atoms with van der Waals surface area (Å²) in [5.74, 6) is 0. The van der Waals surface area contributed by atoms with Crippen molar-refractivity contribution in [3.63, 3.8) is 0 Å². The second kappa shape index (κ2) is 2.55. The van der Waals surface area contributed by atoms with E-state index in [4.69, 9.17) is 0 Å². The smallest absolute Gasteiger partial charge is 1.00 e. The summed E-state index contributed by atoms with van der Waals surface area (Å²) in [5.41, 5.74) is 4.74. The molecule has 0 aromatic heterocycles. The first-order chi connectivity index (χ1) is 4.89. The van der Waals surface area contributed by atoms with Crippen molar-refractivity contribution in [2.24, 2.45) is 5.41 Å². The third-order valence-corrected chi connectivity index (χ3v) is 4.65. The van der Waals surface area contributed by atoms with E-state index in [0.717, 1.165) is 0 Å². The van der Waals surface area contributed by atoms with Crippen LogP contribution in [0.3, 0.4) is 0 Å². The van der Waals surface area contributed by atoms with Crippen molar-refractivity contribution in [1.82, 2.24) is 0 Å². The van der Waals surface area contributed by atoms with Crippen LogP contribution in [0.2, 0.25) is 0 Å². The van der Waals surface area contributed by atoms with Crippen LogP contribution in [-0.4, -0.2) is 0 Å². The van der Waals surface area contributed by atoms with Gasteiger partial charge in [-0.15, -0.1) is 0 Å². The molecule has 0 bridgehead atoms. The number of hydrogen-bond acceptors (Lipinski definition) is 0. The minimum atomic E-state index is 0. The monoisotopic (exact) mass is 239 g/mol. The third-order valence-electron chi connectivity index (χ3n) is 2.92. The molecule has 1 rings (SSSR count). The molecular weight excluding hydrogens is 221 g/mol. The molecule has 11 heavy (non-hydrogen) atoms. The standard InChI is InChI=1S/C10H15.Ru.2H/c1-7-6-10(4,5)9(3)8(7)2;;;/h1-5H3;;;/q;;2*-1. The third kappa shape index (κ3) is 1.14. The van der Waals surface area contributed by atoms with E-state index < -0.39 is 0 Å². The zero-order chi connectivity index (χ0) is 8.81. The Labute approximate surface area is 82.4 Å². The fourth-order valence-corrected chi connectivity index (χ4v) is 2.19. The van der Waals surface area contributed by atoms with Gasteiger partial charge >= 0.3 is 79.2 Å². The van der Waals surface area contributed by atoms with Crippen molar-refractivity contribution in [3.05, 3.63) is 20.9 Å². The Morgan fingerprint density at radius 3 is 1.64 bits per heavy atom. The molecule has 0 N–H and O–H groups in total. The van der Waals surface area contributed by atoms with Crippen molar-refractivity contribution in [2.45, 2.75) is 34.6 Å². The van der Waals surface area contributed by atoms with E-state index in [0.29, 0.717) is 0 Å². The van der Waals surface area contributed by atoms with Gasteiger partial charge in [-0.25, -0.2) is 0 Å². The summed E-state index contributed by atoms with van der Waals surface area (Å²) in [6, 6.07) is 0. The van der Waals surface area contributed by atoms with Gasteiger partial charge in [0.2, 0.25) is 0 Å². The Kier molecular flexibility index (Phi) is 2.14. The Hall–Kier alpha value is 0.103. The molecule has 0 unspecified atom stereocenters. The summed E-state index contributed by atoms with van der Waals surface area (Å²) in [7, 11) is 0. The average Bonchev–Trinajstić information content (AvgIpc) is 2.06. The van der Waals surface area contributed by atoms with Crippen LogP contribution in [0.5, 0.6) is 0 Å². The second-order valence-electron chi connectivity index (χ2n) is 3.80. The molecule has 0 aliphatic heterocycles. The van der Waals surface area contributed by atoms with E-state index in [-0.39, 0.29) is 8.27 Å². The summed E-state index contributed by atoms with van der Waals surface area (Å²) < 4.78 is 1.46. The molecule has 0 aromatic rings. The Morgan fingerprint density at radius 1 is 1.09 bits per heavy atom. The van der Waals surface area contributed by atoms with Crippen LogP contribution < -0.4 is 0 Å². The van der Waals surface area contributed by atoms with Crippen LogP contribution in [0, 0.1) is 5.41 Å². The molecule has 0 fully saturated rings. The topological polar surface area (TPSA) is 0 Å². The van der Waals surface area contributed by atoms with E-state index in [1.807, 2.05) is 0 Å². The zero-order valence-electron chi connectivity index (χ0n) is 9.85. The summed E-state index contributed by atoms with van der Waals surface area (Å²) in [6.45, 7) is 11.2. The van der Waals surface area contributed by atoms with E-state index in [1.165, 1.54) is 20.9 Å². The first-order valence-electron chi connectivity index (χ1n) is 3.93. The quantitative estimate of drug-likeness (QED) is 0.567. The molecule has 0 saturated heterocycles. The van der Waals surface area contributed by atoms with Gasteiger partial charge in [0.05, 0.1) is 0 Å². The average molecular weight is 238 g/mol. The molecule has 0 amide bonds. The first-order valence-corrected chi connectivity index (χ1v) is 4.80. The maximum atomic E-state index is 2.77. The summed E-state index contributed by atoms with van der Waals surface area (Å²) in [5, 5.41) is 0. The molecule has 1 aliphatic carbocycles. The van der Waals surface area contributed by atoms with E-state index >= 15 is 0 Å². The van der Waals surface area contributed by atoms with E-state index in [1.54, 1.807) is 0 Å². The summed E-state index contributed by atoms with van der Waals surface area (Å²) >= 11 is 2.77. The minimum absolute atomic E-state index is 0. The molecule has 0 atom stereocenters. The SMILES string of the molecule is CC1=C(C)C(C)(C)[C]([Ru])=C1C.[H-].[H-]. The molecule has 0 saturated carbocycles. The summed E-state index contributed by atoms with van der Waals surface area (Å²) in [4.78, 5) is 0. The molecule has 67 valence electrons. The number of allylic oxidation sites excluding steroid dienone is 4. The molecule has 0 spiro atoms. The van der Waals surface area contributed by atoms with Crippen LogP contribution in [0.15, 0.2) is 20.9 Å². The first kappa shape index (κ1) is 9.19.